The monoisotopic (exact) mass is 217 g/mol. The van der Waals surface area contributed by atoms with Crippen LogP contribution >= 0.6 is 0 Å². The van der Waals surface area contributed by atoms with Crippen molar-refractivity contribution in [3.05, 3.63) is 34.9 Å². The Morgan fingerprint density at radius 2 is 2.06 bits per heavy atom. The Morgan fingerprint density at radius 1 is 1.38 bits per heavy atom. The van der Waals surface area contributed by atoms with Gasteiger partial charge in [0.05, 0.1) is 0 Å². The van der Waals surface area contributed by atoms with Crippen molar-refractivity contribution in [3.63, 3.8) is 0 Å². The number of carbonyl (C=O) groups is 1. The normalized spacial score (nSPS) is 29.2. The van der Waals surface area contributed by atoms with E-state index in [-0.39, 0.29) is 17.4 Å². The van der Waals surface area contributed by atoms with Gasteiger partial charge in [0.2, 0.25) is 5.91 Å². The number of nitrogens with one attached hydrogen (secondary N) is 1. The van der Waals surface area contributed by atoms with Gasteiger partial charge in [-0.2, -0.15) is 0 Å². The molecule has 0 aromatic heterocycles. The lowest BCUT2D eigenvalue weighted by Gasteiger charge is -2.30. The Bertz CT molecular complexity index is 438. The molecule has 1 aromatic rings. The van der Waals surface area contributed by atoms with Gasteiger partial charge in [0, 0.05) is 17.9 Å². The SMILES string of the molecule is Cc1ccc(C)c(C2(C)CC(=O)NC2C)c1. The molecule has 2 rings (SSSR count). The first-order chi connectivity index (χ1) is 7.43. The van der Waals surface area contributed by atoms with Gasteiger partial charge in [0.25, 0.3) is 0 Å². The maximum absolute atomic E-state index is 11.5. The molecule has 1 aliphatic heterocycles. The number of carbonyl (C=O) groups excluding carboxylic acids is 1. The summed E-state index contributed by atoms with van der Waals surface area (Å²) in [5.74, 6) is 0.163. The van der Waals surface area contributed by atoms with Crippen molar-refractivity contribution >= 4 is 5.91 Å². The van der Waals surface area contributed by atoms with Crippen molar-refractivity contribution in [2.75, 3.05) is 0 Å². The quantitative estimate of drug-likeness (QED) is 0.769. The molecule has 86 valence electrons. The lowest BCUT2D eigenvalue weighted by atomic mass is 9.74. The zero-order valence-corrected chi connectivity index (χ0v) is 10.4. The fourth-order valence-electron chi connectivity index (χ4n) is 2.62. The summed E-state index contributed by atoms with van der Waals surface area (Å²) in [5, 5.41) is 3.01. The standard InChI is InChI=1S/C14H19NO/c1-9-5-6-10(2)12(7-9)14(4)8-13(16)15-11(14)3/h5-7,11H,8H2,1-4H3,(H,15,16). The van der Waals surface area contributed by atoms with Gasteiger partial charge >= 0.3 is 0 Å². The first-order valence-electron chi connectivity index (χ1n) is 5.80. The molecule has 2 heteroatoms. The molecule has 1 heterocycles. The number of amides is 1. The molecule has 0 radical (unpaired) electrons. The van der Waals surface area contributed by atoms with Gasteiger partial charge in [-0.25, -0.2) is 0 Å². The molecular weight excluding hydrogens is 198 g/mol. The van der Waals surface area contributed by atoms with Crippen molar-refractivity contribution in [2.24, 2.45) is 0 Å². The lowest BCUT2D eigenvalue weighted by molar-refractivity contribution is -0.119. The molecule has 1 fully saturated rings. The molecule has 1 N–H and O–H groups in total. The fourth-order valence-corrected chi connectivity index (χ4v) is 2.62. The minimum Gasteiger partial charge on any atom is -0.353 e. The average molecular weight is 217 g/mol. The highest BCUT2D eigenvalue weighted by Gasteiger charge is 2.42. The Balaban J connectivity index is 2.50. The topological polar surface area (TPSA) is 29.1 Å². The number of aryl methyl sites for hydroxylation is 2. The molecular formula is C14H19NO. The van der Waals surface area contributed by atoms with E-state index >= 15 is 0 Å². The summed E-state index contributed by atoms with van der Waals surface area (Å²) in [7, 11) is 0. The van der Waals surface area contributed by atoms with E-state index < -0.39 is 0 Å². The molecule has 2 unspecified atom stereocenters. The highest BCUT2D eigenvalue weighted by atomic mass is 16.2. The van der Waals surface area contributed by atoms with Crippen molar-refractivity contribution in [1.82, 2.24) is 5.32 Å². The second kappa shape index (κ2) is 3.62. The van der Waals surface area contributed by atoms with E-state index in [1.807, 2.05) is 0 Å². The Kier molecular flexibility index (Phi) is 2.53. The smallest absolute Gasteiger partial charge is 0.221 e. The maximum atomic E-state index is 11.5. The van der Waals surface area contributed by atoms with Crippen LogP contribution < -0.4 is 5.32 Å². The van der Waals surface area contributed by atoms with Crippen molar-refractivity contribution in [2.45, 2.75) is 45.6 Å². The molecule has 0 bridgehead atoms. The minimum atomic E-state index is -0.0623. The van der Waals surface area contributed by atoms with E-state index in [2.05, 4.69) is 51.2 Å². The third kappa shape index (κ3) is 1.62. The van der Waals surface area contributed by atoms with Gasteiger partial charge in [-0.05, 0) is 31.9 Å². The van der Waals surface area contributed by atoms with Gasteiger partial charge in [-0.15, -0.1) is 0 Å². The molecule has 1 aliphatic rings. The van der Waals surface area contributed by atoms with E-state index in [1.54, 1.807) is 0 Å². The van der Waals surface area contributed by atoms with Crippen LogP contribution in [-0.4, -0.2) is 11.9 Å². The zero-order chi connectivity index (χ0) is 11.9. The second-order valence-corrected chi connectivity index (χ2v) is 5.20. The average Bonchev–Trinajstić information content (AvgIpc) is 2.46. The number of rotatable bonds is 1. The summed E-state index contributed by atoms with van der Waals surface area (Å²) in [4.78, 5) is 11.5. The molecule has 0 aliphatic carbocycles. The largest absolute Gasteiger partial charge is 0.353 e. The summed E-state index contributed by atoms with van der Waals surface area (Å²) >= 11 is 0. The van der Waals surface area contributed by atoms with Crippen LogP contribution in [0.5, 0.6) is 0 Å². The van der Waals surface area contributed by atoms with Gasteiger partial charge in [0.1, 0.15) is 0 Å². The third-order valence-electron chi connectivity index (χ3n) is 3.87. The molecule has 1 aromatic carbocycles. The Labute approximate surface area is 97.1 Å². The van der Waals surface area contributed by atoms with Gasteiger partial charge in [-0.3, -0.25) is 4.79 Å². The Morgan fingerprint density at radius 3 is 2.62 bits per heavy atom. The van der Waals surface area contributed by atoms with Gasteiger partial charge in [-0.1, -0.05) is 30.7 Å². The van der Waals surface area contributed by atoms with E-state index in [4.69, 9.17) is 0 Å². The van der Waals surface area contributed by atoms with Crippen molar-refractivity contribution < 1.29 is 4.79 Å². The first-order valence-corrected chi connectivity index (χ1v) is 5.80. The highest BCUT2D eigenvalue weighted by Crippen LogP contribution is 2.37. The summed E-state index contributed by atoms with van der Waals surface area (Å²) in [5.41, 5.74) is 3.77. The summed E-state index contributed by atoms with van der Waals surface area (Å²) in [6.07, 6.45) is 0.596. The lowest BCUT2D eigenvalue weighted by Crippen LogP contribution is -2.36. The molecule has 0 saturated carbocycles. The summed E-state index contributed by atoms with van der Waals surface area (Å²) < 4.78 is 0. The van der Waals surface area contributed by atoms with E-state index in [1.165, 1.54) is 16.7 Å². The molecule has 1 saturated heterocycles. The predicted molar refractivity (Wildman–Crippen MR) is 65.5 cm³/mol. The van der Waals surface area contributed by atoms with Crippen LogP contribution in [-0.2, 0) is 10.2 Å². The Hall–Kier alpha value is -1.31. The first kappa shape index (κ1) is 11.2. The van der Waals surface area contributed by atoms with Crippen molar-refractivity contribution in [1.29, 1.82) is 0 Å². The van der Waals surface area contributed by atoms with E-state index in [0.717, 1.165) is 0 Å². The van der Waals surface area contributed by atoms with Crippen LogP contribution in [0.3, 0.4) is 0 Å². The number of hydrogen-bond donors (Lipinski definition) is 1. The number of hydrogen-bond acceptors (Lipinski definition) is 1. The van der Waals surface area contributed by atoms with Crippen LogP contribution in [0.2, 0.25) is 0 Å². The molecule has 0 spiro atoms. The fraction of sp³-hybridized carbons (Fsp3) is 0.500. The molecule has 1 amide bonds. The van der Waals surface area contributed by atoms with Crippen LogP contribution in [0.4, 0.5) is 0 Å². The van der Waals surface area contributed by atoms with Crippen LogP contribution in [0.25, 0.3) is 0 Å². The third-order valence-corrected chi connectivity index (χ3v) is 3.87. The minimum absolute atomic E-state index is 0.0623. The highest BCUT2D eigenvalue weighted by molar-refractivity contribution is 5.81. The number of benzene rings is 1. The van der Waals surface area contributed by atoms with Crippen LogP contribution in [0, 0.1) is 13.8 Å². The van der Waals surface area contributed by atoms with Gasteiger partial charge < -0.3 is 5.32 Å². The maximum Gasteiger partial charge on any atom is 0.221 e. The van der Waals surface area contributed by atoms with Crippen molar-refractivity contribution in [3.8, 4) is 0 Å². The zero-order valence-electron chi connectivity index (χ0n) is 10.4. The second-order valence-electron chi connectivity index (χ2n) is 5.20. The van der Waals surface area contributed by atoms with E-state index in [9.17, 15) is 4.79 Å². The predicted octanol–water partition coefficient (Wildman–Crippen LogP) is 2.47. The van der Waals surface area contributed by atoms with Crippen LogP contribution in [0.1, 0.15) is 37.0 Å². The molecule has 16 heavy (non-hydrogen) atoms. The van der Waals surface area contributed by atoms with Crippen LogP contribution in [0.15, 0.2) is 18.2 Å². The summed E-state index contributed by atoms with van der Waals surface area (Å²) in [6, 6.07) is 6.69. The molecule has 2 nitrogen and oxygen atoms in total. The molecule has 2 atom stereocenters. The van der Waals surface area contributed by atoms with Gasteiger partial charge in [0.15, 0.2) is 0 Å². The summed E-state index contributed by atoms with van der Waals surface area (Å²) in [6.45, 7) is 8.49. The van der Waals surface area contributed by atoms with E-state index in [0.29, 0.717) is 6.42 Å².